The van der Waals surface area contributed by atoms with Crippen molar-refractivity contribution in [3.05, 3.63) is 69.7 Å². The summed E-state index contributed by atoms with van der Waals surface area (Å²) in [6.45, 7) is 2.34. The van der Waals surface area contributed by atoms with E-state index in [-0.39, 0.29) is 17.9 Å². The standard InChI is InChI=1S/C25H30Cl2N2O2S/c1-18(25(31)28-21-9-5-6-10-21)29(14-13-19-7-3-2-4-8-19)24(30)17-32-16-20-11-12-22(26)23(27)15-20/h2-4,7-8,11-12,15,18,21H,5-6,9-10,13-14,16-17H2,1H3,(H,28,31)/t18-/m1/s1. The molecule has 0 saturated heterocycles. The molecule has 172 valence electrons. The van der Waals surface area contributed by atoms with Crippen LogP contribution in [0.1, 0.15) is 43.7 Å². The molecule has 32 heavy (non-hydrogen) atoms. The highest BCUT2D eigenvalue weighted by molar-refractivity contribution is 7.99. The van der Waals surface area contributed by atoms with Gasteiger partial charge in [-0.1, -0.05) is 72.4 Å². The van der Waals surface area contributed by atoms with E-state index in [4.69, 9.17) is 23.2 Å². The number of amides is 2. The molecule has 1 saturated carbocycles. The minimum atomic E-state index is -0.502. The first-order valence-corrected chi connectivity index (χ1v) is 13.0. The summed E-state index contributed by atoms with van der Waals surface area (Å²) in [4.78, 5) is 27.7. The summed E-state index contributed by atoms with van der Waals surface area (Å²) in [5, 5.41) is 4.17. The van der Waals surface area contributed by atoms with Crippen LogP contribution < -0.4 is 5.32 Å². The zero-order chi connectivity index (χ0) is 22.9. The number of carbonyl (C=O) groups is 2. The number of benzene rings is 2. The molecule has 0 spiro atoms. The van der Waals surface area contributed by atoms with E-state index >= 15 is 0 Å². The van der Waals surface area contributed by atoms with Gasteiger partial charge in [-0.25, -0.2) is 0 Å². The molecule has 7 heteroatoms. The summed E-state index contributed by atoms with van der Waals surface area (Å²) in [5.74, 6) is 0.862. The maximum absolute atomic E-state index is 13.1. The Morgan fingerprint density at radius 1 is 1.06 bits per heavy atom. The number of nitrogens with one attached hydrogen (secondary N) is 1. The number of hydrogen-bond donors (Lipinski definition) is 1. The van der Waals surface area contributed by atoms with Crippen molar-refractivity contribution in [3.63, 3.8) is 0 Å². The van der Waals surface area contributed by atoms with Gasteiger partial charge in [-0.3, -0.25) is 9.59 Å². The molecule has 0 aliphatic heterocycles. The molecule has 1 fully saturated rings. The fourth-order valence-corrected chi connectivity index (χ4v) is 5.11. The van der Waals surface area contributed by atoms with Crippen LogP contribution in [0, 0.1) is 0 Å². The zero-order valence-electron chi connectivity index (χ0n) is 18.4. The Morgan fingerprint density at radius 2 is 1.78 bits per heavy atom. The largest absolute Gasteiger partial charge is 0.352 e. The highest BCUT2D eigenvalue weighted by Gasteiger charge is 2.28. The van der Waals surface area contributed by atoms with E-state index < -0.39 is 6.04 Å². The first kappa shape index (κ1) is 24.9. The summed E-state index contributed by atoms with van der Waals surface area (Å²) in [7, 11) is 0. The van der Waals surface area contributed by atoms with E-state index in [9.17, 15) is 9.59 Å². The van der Waals surface area contributed by atoms with Gasteiger partial charge in [0.2, 0.25) is 11.8 Å². The normalized spacial score (nSPS) is 14.8. The van der Waals surface area contributed by atoms with E-state index in [0.717, 1.165) is 36.8 Å². The van der Waals surface area contributed by atoms with Crippen LogP contribution >= 0.6 is 35.0 Å². The second-order valence-corrected chi connectivity index (χ2v) is 10.0. The van der Waals surface area contributed by atoms with Crippen LogP contribution in [0.4, 0.5) is 0 Å². The molecular formula is C25H30Cl2N2O2S. The lowest BCUT2D eigenvalue weighted by atomic mass is 10.1. The Labute approximate surface area is 205 Å². The van der Waals surface area contributed by atoms with E-state index in [2.05, 4.69) is 5.32 Å². The summed E-state index contributed by atoms with van der Waals surface area (Å²) >= 11 is 13.6. The number of carbonyl (C=O) groups excluding carboxylic acids is 2. The lowest BCUT2D eigenvalue weighted by molar-refractivity contribution is -0.138. The maximum atomic E-state index is 13.1. The molecule has 1 aliphatic rings. The average Bonchev–Trinajstić information content (AvgIpc) is 3.30. The highest BCUT2D eigenvalue weighted by atomic mass is 35.5. The molecule has 3 rings (SSSR count). The van der Waals surface area contributed by atoms with Crippen molar-refractivity contribution in [2.45, 2.75) is 56.9 Å². The first-order valence-electron chi connectivity index (χ1n) is 11.1. The van der Waals surface area contributed by atoms with E-state index in [1.807, 2.05) is 49.4 Å². The van der Waals surface area contributed by atoms with Gasteiger partial charge < -0.3 is 10.2 Å². The predicted octanol–water partition coefficient (Wildman–Crippen LogP) is 5.75. The van der Waals surface area contributed by atoms with Gasteiger partial charge in [-0.05, 0) is 49.4 Å². The molecule has 0 radical (unpaired) electrons. The van der Waals surface area contributed by atoms with Gasteiger partial charge in [0, 0.05) is 18.3 Å². The number of halogens is 2. The van der Waals surface area contributed by atoms with Crippen LogP contribution in [0.15, 0.2) is 48.5 Å². The van der Waals surface area contributed by atoms with Crippen molar-refractivity contribution in [2.75, 3.05) is 12.3 Å². The van der Waals surface area contributed by atoms with Gasteiger partial charge in [0.05, 0.1) is 15.8 Å². The number of rotatable bonds is 10. The molecule has 4 nitrogen and oxygen atoms in total. The fraction of sp³-hybridized carbons (Fsp3) is 0.440. The van der Waals surface area contributed by atoms with Crippen LogP contribution in [-0.4, -0.2) is 41.1 Å². The molecule has 0 bridgehead atoms. The van der Waals surface area contributed by atoms with Gasteiger partial charge in [-0.15, -0.1) is 11.8 Å². The molecule has 0 heterocycles. The smallest absolute Gasteiger partial charge is 0.242 e. The number of thioether (sulfide) groups is 1. The molecule has 1 N–H and O–H groups in total. The summed E-state index contributed by atoms with van der Waals surface area (Å²) < 4.78 is 0. The molecule has 2 aromatic rings. The number of hydrogen-bond acceptors (Lipinski definition) is 3. The van der Waals surface area contributed by atoms with Gasteiger partial charge in [-0.2, -0.15) is 0 Å². The Hall–Kier alpha value is -1.69. The molecule has 0 unspecified atom stereocenters. The quantitative estimate of drug-likeness (QED) is 0.459. The third-order valence-corrected chi connectivity index (χ3v) is 7.56. The minimum Gasteiger partial charge on any atom is -0.352 e. The van der Waals surface area contributed by atoms with Crippen LogP contribution in [0.3, 0.4) is 0 Å². The van der Waals surface area contributed by atoms with Gasteiger partial charge in [0.1, 0.15) is 6.04 Å². The Kier molecular flexibility index (Phi) is 9.76. The molecule has 1 atom stereocenters. The van der Waals surface area contributed by atoms with Crippen molar-refractivity contribution in [1.29, 1.82) is 0 Å². The average molecular weight is 494 g/mol. The van der Waals surface area contributed by atoms with Gasteiger partial charge >= 0.3 is 0 Å². The van der Waals surface area contributed by atoms with Crippen molar-refractivity contribution in [1.82, 2.24) is 10.2 Å². The zero-order valence-corrected chi connectivity index (χ0v) is 20.7. The Bertz CT molecular complexity index is 904. The molecule has 2 amide bonds. The van der Waals surface area contributed by atoms with E-state index in [1.54, 1.807) is 11.0 Å². The third kappa shape index (κ3) is 7.43. The van der Waals surface area contributed by atoms with Crippen LogP contribution in [0.5, 0.6) is 0 Å². The monoisotopic (exact) mass is 492 g/mol. The van der Waals surface area contributed by atoms with Crippen molar-refractivity contribution in [2.24, 2.45) is 0 Å². The first-order chi connectivity index (χ1) is 15.4. The summed E-state index contributed by atoms with van der Waals surface area (Å²) in [5.41, 5.74) is 2.16. The molecular weight excluding hydrogens is 463 g/mol. The van der Waals surface area contributed by atoms with Crippen molar-refractivity contribution in [3.8, 4) is 0 Å². The maximum Gasteiger partial charge on any atom is 0.242 e. The Morgan fingerprint density at radius 3 is 2.47 bits per heavy atom. The minimum absolute atomic E-state index is 0.0277. The molecule has 2 aromatic carbocycles. The fourth-order valence-electron chi connectivity index (χ4n) is 3.93. The van der Waals surface area contributed by atoms with Crippen LogP contribution in [0.2, 0.25) is 10.0 Å². The van der Waals surface area contributed by atoms with Gasteiger partial charge in [0.15, 0.2) is 0 Å². The SMILES string of the molecule is C[C@H](C(=O)NC1CCCC1)N(CCc1ccccc1)C(=O)CSCc1ccc(Cl)c(Cl)c1. The van der Waals surface area contributed by atoms with Crippen LogP contribution in [-0.2, 0) is 21.8 Å². The van der Waals surface area contributed by atoms with E-state index in [0.29, 0.717) is 34.5 Å². The lowest BCUT2D eigenvalue weighted by Gasteiger charge is -2.29. The van der Waals surface area contributed by atoms with Crippen molar-refractivity contribution >= 4 is 46.8 Å². The van der Waals surface area contributed by atoms with E-state index in [1.165, 1.54) is 11.8 Å². The Balaban J connectivity index is 1.60. The summed E-state index contributed by atoms with van der Waals surface area (Å²) in [6, 6.07) is 15.3. The third-order valence-electron chi connectivity index (χ3n) is 5.83. The second-order valence-electron chi connectivity index (χ2n) is 8.23. The van der Waals surface area contributed by atoms with Crippen LogP contribution in [0.25, 0.3) is 0 Å². The van der Waals surface area contributed by atoms with Crippen molar-refractivity contribution < 1.29 is 9.59 Å². The molecule has 1 aliphatic carbocycles. The van der Waals surface area contributed by atoms with Gasteiger partial charge in [0.25, 0.3) is 0 Å². The number of nitrogens with zero attached hydrogens (tertiary/aromatic N) is 1. The molecule has 0 aromatic heterocycles. The summed E-state index contributed by atoms with van der Waals surface area (Å²) in [6.07, 6.45) is 5.07. The topological polar surface area (TPSA) is 49.4 Å². The predicted molar refractivity (Wildman–Crippen MR) is 134 cm³/mol. The lowest BCUT2D eigenvalue weighted by Crippen LogP contribution is -2.51. The second kappa shape index (κ2) is 12.5. The highest BCUT2D eigenvalue weighted by Crippen LogP contribution is 2.25.